The monoisotopic (exact) mass is 382 g/mol. The molecule has 0 aliphatic heterocycles. The molecule has 1 rings (SSSR count). The third-order valence-corrected chi connectivity index (χ3v) is 4.81. The number of nitrogens with one attached hydrogen (secondary N) is 1. The Labute approximate surface area is 146 Å². The van der Waals surface area contributed by atoms with Crippen LogP contribution in [0.4, 0.5) is 5.69 Å². The molecule has 0 unspecified atom stereocenters. The Morgan fingerprint density at radius 3 is 2.65 bits per heavy atom. The van der Waals surface area contributed by atoms with E-state index in [0.29, 0.717) is 26.2 Å². The first-order valence-corrected chi connectivity index (χ1v) is 9.64. The zero-order valence-corrected chi connectivity index (χ0v) is 15.3. The number of halogens is 2. The van der Waals surface area contributed by atoms with E-state index in [9.17, 15) is 13.2 Å². The van der Waals surface area contributed by atoms with Gasteiger partial charge in [-0.3, -0.25) is 9.10 Å². The fourth-order valence-corrected chi connectivity index (χ4v) is 3.11. The topological polar surface area (TPSA) is 75.7 Å². The van der Waals surface area contributed by atoms with Crippen LogP contribution in [0.15, 0.2) is 18.2 Å². The predicted molar refractivity (Wildman–Crippen MR) is 92.8 cm³/mol. The van der Waals surface area contributed by atoms with Crippen molar-refractivity contribution in [2.24, 2.45) is 0 Å². The first-order valence-electron chi connectivity index (χ1n) is 7.03. The lowest BCUT2D eigenvalue weighted by molar-refractivity contribution is -0.119. The summed E-state index contributed by atoms with van der Waals surface area (Å²) in [5.41, 5.74) is 0.172. The van der Waals surface area contributed by atoms with Crippen molar-refractivity contribution in [3.8, 4) is 0 Å². The molecule has 0 aromatic heterocycles. The predicted octanol–water partition coefficient (Wildman–Crippen LogP) is 2.30. The van der Waals surface area contributed by atoms with Crippen molar-refractivity contribution in [1.29, 1.82) is 0 Å². The molecule has 0 saturated carbocycles. The van der Waals surface area contributed by atoms with Gasteiger partial charge < -0.3 is 10.1 Å². The Balaban J connectivity index is 2.77. The third-order valence-electron chi connectivity index (χ3n) is 2.88. The third kappa shape index (κ3) is 6.55. The van der Waals surface area contributed by atoms with E-state index in [-0.39, 0.29) is 22.3 Å². The van der Waals surface area contributed by atoms with Crippen LogP contribution < -0.4 is 9.62 Å². The highest BCUT2D eigenvalue weighted by atomic mass is 35.5. The van der Waals surface area contributed by atoms with E-state index in [0.717, 1.165) is 10.6 Å². The van der Waals surface area contributed by atoms with E-state index in [2.05, 4.69) is 5.32 Å². The maximum atomic E-state index is 12.0. The normalized spacial score (nSPS) is 11.3. The zero-order valence-electron chi connectivity index (χ0n) is 13.0. The highest BCUT2D eigenvalue weighted by molar-refractivity contribution is 7.92. The van der Waals surface area contributed by atoms with Crippen LogP contribution in [0.5, 0.6) is 0 Å². The minimum atomic E-state index is -3.69. The highest BCUT2D eigenvalue weighted by Crippen LogP contribution is 2.33. The van der Waals surface area contributed by atoms with E-state index in [4.69, 9.17) is 27.9 Å². The quantitative estimate of drug-likeness (QED) is 0.664. The van der Waals surface area contributed by atoms with Gasteiger partial charge in [0.15, 0.2) is 0 Å². The Morgan fingerprint density at radius 1 is 1.35 bits per heavy atom. The Bertz CT molecular complexity index is 638. The first kappa shape index (κ1) is 20.0. The van der Waals surface area contributed by atoms with Gasteiger partial charge in [0.25, 0.3) is 0 Å². The van der Waals surface area contributed by atoms with Gasteiger partial charge in [-0.1, -0.05) is 29.3 Å². The zero-order chi connectivity index (χ0) is 17.5. The van der Waals surface area contributed by atoms with Crippen LogP contribution in [0.3, 0.4) is 0 Å². The van der Waals surface area contributed by atoms with Gasteiger partial charge in [-0.25, -0.2) is 8.42 Å². The molecule has 0 aliphatic rings. The molecule has 1 amide bonds. The molecule has 130 valence electrons. The summed E-state index contributed by atoms with van der Waals surface area (Å²) in [6.07, 6.45) is 1.66. The van der Waals surface area contributed by atoms with E-state index in [1.165, 1.54) is 6.07 Å². The highest BCUT2D eigenvalue weighted by Gasteiger charge is 2.23. The molecule has 0 aliphatic carbocycles. The fourth-order valence-electron chi connectivity index (χ4n) is 1.80. The summed E-state index contributed by atoms with van der Waals surface area (Å²) in [4.78, 5) is 12.0. The number of benzene rings is 1. The number of hydrogen-bond donors (Lipinski definition) is 1. The van der Waals surface area contributed by atoms with Crippen molar-refractivity contribution >= 4 is 44.8 Å². The molecule has 0 fully saturated rings. The van der Waals surface area contributed by atoms with Gasteiger partial charge in [-0.2, -0.15) is 0 Å². The number of amides is 1. The number of carbonyl (C=O) groups is 1. The van der Waals surface area contributed by atoms with Gasteiger partial charge in [0.2, 0.25) is 15.9 Å². The second-order valence-corrected chi connectivity index (χ2v) is 7.43. The van der Waals surface area contributed by atoms with Crippen LogP contribution in [-0.2, 0) is 19.6 Å². The largest absolute Gasteiger partial charge is 0.382 e. The molecule has 0 heterocycles. The molecule has 1 aromatic carbocycles. The molecule has 1 aromatic rings. The lowest BCUT2D eigenvalue weighted by atomic mass is 10.3. The number of hydrogen-bond acceptors (Lipinski definition) is 4. The second kappa shape index (κ2) is 9.32. The molecule has 6 nitrogen and oxygen atoms in total. The number of carbonyl (C=O) groups excluding carboxylic acids is 1. The second-order valence-electron chi connectivity index (χ2n) is 4.74. The van der Waals surface area contributed by atoms with Crippen molar-refractivity contribution < 1.29 is 17.9 Å². The van der Waals surface area contributed by atoms with Crippen LogP contribution in [-0.4, -0.2) is 46.9 Å². The summed E-state index contributed by atoms with van der Waals surface area (Å²) in [5, 5.41) is 2.95. The molecule has 9 heteroatoms. The summed E-state index contributed by atoms with van der Waals surface area (Å²) in [6, 6.07) is 4.61. The average Bonchev–Trinajstić information content (AvgIpc) is 2.47. The molecule has 0 bridgehead atoms. The molecular weight excluding hydrogens is 363 g/mol. The molecular formula is C14H20Cl2N2O4S. The Kier molecular flexibility index (Phi) is 8.11. The van der Waals surface area contributed by atoms with Crippen molar-refractivity contribution in [2.75, 3.05) is 36.9 Å². The molecule has 23 heavy (non-hydrogen) atoms. The Hall–Kier alpha value is -1.02. The van der Waals surface area contributed by atoms with Crippen molar-refractivity contribution in [3.05, 3.63) is 28.2 Å². The summed E-state index contributed by atoms with van der Waals surface area (Å²) in [7, 11) is -3.69. The molecule has 0 saturated heterocycles. The number of nitrogens with zero attached hydrogens (tertiary/aromatic N) is 1. The first-order chi connectivity index (χ1) is 10.8. The summed E-state index contributed by atoms with van der Waals surface area (Å²) >= 11 is 12.0. The fraction of sp³-hybridized carbons (Fsp3) is 0.500. The maximum absolute atomic E-state index is 12.0. The SMILES string of the molecule is CCOCCCNC(=O)CN(c1cccc(Cl)c1Cl)S(C)(=O)=O. The van der Waals surface area contributed by atoms with Gasteiger partial charge in [-0.05, 0) is 25.5 Å². The van der Waals surface area contributed by atoms with Crippen LogP contribution in [0.1, 0.15) is 13.3 Å². The van der Waals surface area contributed by atoms with Gasteiger partial charge in [-0.15, -0.1) is 0 Å². The smallest absolute Gasteiger partial charge is 0.240 e. The van der Waals surface area contributed by atoms with E-state index in [1.54, 1.807) is 12.1 Å². The summed E-state index contributed by atoms with van der Waals surface area (Å²) < 4.78 is 30.0. The van der Waals surface area contributed by atoms with Crippen molar-refractivity contribution in [2.45, 2.75) is 13.3 Å². The number of anilines is 1. The number of ether oxygens (including phenoxy) is 1. The lowest BCUT2D eigenvalue weighted by Crippen LogP contribution is -2.41. The van der Waals surface area contributed by atoms with Gasteiger partial charge in [0.1, 0.15) is 6.54 Å². The Morgan fingerprint density at radius 2 is 2.04 bits per heavy atom. The van der Waals surface area contributed by atoms with E-state index < -0.39 is 15.9 Å². The number of sulfonamides is 1. The maximum Gasteiger partial charge on any atom is 0.240 e. The van der Waals surface area contributed by atoms with Gasteiger partial charge in [0.05, 0.1) is 22.0 Å². The van der Waals surface area contributed by atoms with E-state index >= 15 is 0 Å². The number of rotatable bonds is 9. The van der Waals surface area contributed by atoms with E-state index in [1.807, 2.05) is 6.92 Å². The summed E-state index contributed by atoms with van der Waals surface area (Å²) in [5.74, 6) is -0.428. The van der Waals surface area contributed by atoms with Gasteiger partial charge >= 0.3 is 0 Å². The van der Waals surface area contributed by atoms with Crippen LogP contribution in [0.25, 0.3) is 0 Å². The van der Waals surface area contributed by atoms with Crippen molar-refractivity contribution in [1.82, 2.24) is 5.32 Å². The lowest BCUT2D eigenvalue weighted by Gasteiger charge is -2.23. The molecule has 0 atom stereocenters. The summed E-state index contributed by atoms with van der Waals surface area (Å²) in [6.45, 7) is 3.07. The van der Waals surface area contributed by atoms with Gasteiger partial charge in [0, 0.05) is 19.8 Å². The van der Waals surface area contributed by atoms with Crippen LogP contribution >= 0.6 is 23.2 Å². The van der Waals surface area contributed by atoms with Crippen LogP contribution in [0.2, 0.25) is 10.0 Å². The van der Waals surface area contributed by atoms with Crippen molar-refractivity contribution in [3.63, 3.8) is 0 Å². The van der Waals surface area contributed by atoms with Crippen LogP contribution in [0, 0.1) is 0 Å². The standard InChI is InChI=1S/C14H20Cl2N2O4S/c1-3-22-9-5-8-17-13(19)10-18(23(2,20)21)12-7-4-6-11(15)14(12)16/h4,6-7H,3,5,8-10H2,1-2H3,(H,17,19). The molecule has 1 N–H and O–H groups in total. The molecule has 0 radical (unpaired) electrons. The average molecular weight is 383 g/mol. The minimum absolute atomic E-state index is 0.0868. The minimum Gasteiger partial charge on any atom is -0.382 e. The molecule has 0 spiro atoms.